The number of sulfonamides is 1. The number of ketones is 1. The lowest BCUT2D eigenvalue weighted by molar-refractivity contribution is 0.101. The first kappa shape index (κ1) is 17.2. The van der Waals surface area contributed by atoms with Gasteiger partial charge in [-0.15, -0.1) is 0 Å². The summed E-state index contributed by atoms with van der Waals surface area (Å²) in [6.07, 6.45) is 0.902. The molecule has 4 rings (SSSR count). The van der Waals surface area contributed by atoms with Crippen LogP contribution in [0.15, 0.2) is 52.2 Å². The van der Waals surface area contributed by atoms with Gasteiger partial charge in [0.25, 0.3) is 5.56 Å². The number of nitrogens with zero attached hydrogens (tertiary/aromatic N) is 2. The third-order valence-corrected chi connectivity index (χ3v) is 7.19. The number of rotatable bonds is 3. The maximum Gasteiger partial charge on any atom is 0.250 e. The highest BCUT2D eigenvalue weighted by Gasteiger charge is 2.39. The van der Waals surface area contributed by atoms with Crippen LogP contribution in [0.5, 0.6) is 0 Å². The number of piperidine rings is 1. The normalized spacial score (nSPS) is 22.7. The van der Waals surface area contributed by atoms with E-state index in [-0.39, 0.29) is 28.1 Å². The fraction of sp³-hybridized carbons (Fsp3) is 0.368. The van der Waals surface area contributed by atoms with Crippen LogP contribution in [0, 0.1) is 5.92 Å². The molecule has 0 radical (unpaired) electrons. The minimum absolute atomic E-state index is 0.0201. The van der Waals surface area contributed by atoms with Gasteiger partial charge >= 0.3 is 0 Å². The van der Waals surface area contributed by atoms with Gasteiger partial charge in [0.15, 0.2) is 5.78 Å². The molecule has 6 nitrogen and oxygen atoms in total. The van der Waals surface area contributed by atoms with Gasteiger partial charge in [-0.3, -0.25) is 9.59 Å². The van der Waals surface area contributed by atoms with Crippen LogP contribution in [0.2, 0.25) is 0 Å². The number of benzene rings is 1. The molecular formula is C19H20N2O4S. The molecule has 0 N–H and O–H groups in total. The first-order chi connectivity index (χ1) is 12.4. The molecule has 7 heteroatoms. The summed E-state index contributed by atoms with van der Waals surface area (Å²) in [5, 5.41) is 0. The van der Waals surface area contributed by atoms with Crippen molar-refractivity contribution in [3.8, 4) is 0 Å². The molecule has 0 amide bonds. The summed E-state index contributed by atoms with van der Waals surface area (Å²) in [4.78, 5) is 23.7. The molecule has 2 aromatic rings. The first-order valence-corrected chi connectivity index (χ1v) is 10.1. The van der Waals surface area contributed by atoms with Gasteiger partial charge in [0.05, 0.1) is 4.90 Å². The van der Waals surface area contributed by atoms with Crippen LogP contribution in [0.4, 0.5) is 0 Å². The SMILES string of the molecule is CC(=O)c1ccc(S(=O)(=O)N2CC3CC(C2)c2cccc(=O)n2C3)cc1. The maximum atomic E-state index is 13.1. The molecule has 0 saturated carbocycles. The molecule has 0 spiro atoms. The molecule has 1 aromatic carbocycles. The Hall–Kier alpha value is -2.25. The average molecular weight is 372 g/mol. The Morgan fingerprint density at radius 2 is 1.77 bits per heavy atom. The van der Waals surface area contributed by atoms with Crippen molar-refractivity contribution in [1.82, 2.24) is 8.87 Å². The van der Waals surface area contributed by atoms with Crippen molar-refractivity contribution in [2.24, 2.45) is 5.92 Å². The molecule has 1 saturated heterocycles. The molecule has 26 heavy (non-hydrogen) atoms. The lowest BCUT2D eigenvalue weighted by atomic mass is 9.84. The zero-order valence-corrected chi connectivity index (χ0v) is 15.3. The molecule has 2 atom stereocenters. The number of pyridine rings is 1. The summed E-state index contributed by atoms with van der Waals surface area (Å²) in [5.74, 6) is 0.0683. The van der Waals surface area contributed by atoms with Crippen molar-refractivity contribution in [2.75, 3.05) is 13.1 Å². The summed E-state index contributed by atoms with van der Waals surface area (Å²) in [6.45, 7) is 2.79. The second-order valence-electron chi connectivity index (χ2n) is 7.10. The highest BCUT2D eigenvalue weighted by Crippen LogP contribution is 2.37. The second-order valence-corrected chi connectivity index (χ2v) is 9.04. The van der Waals surface area contributed by atoms with Gasteiger partial charge in [0.2, 0.25) is 10.0 Å². The fourth-order valence-corrected chi connectivity index (χ4v) is 5.62. The van der Waals surface area contributed by atoms with Gasteiger partial charge in [-0.2, -0.15) is 4.31 Å². The van der Waals surface area contributed by atoms with Crippen LogP contribution < -0.4 is 5.56 Å². The zero-order chi connectivity index (χ0) is 18.5. The number of hydrogen-bond acceptors (Lipinski definition) is 4. The van der Waals surface area contributed by atoms with E-state index >= 15 is 0 Å². The van der Waals surface area contributed by atoms with Crippen LogP contribution in [-0.4, -0.2) is 36.2 Å². The molecule has 136 valence electrons. The van der Waals surface area contributed by atoms with Gasteiger partial charge in [-0.05, 0) is 37.5 Å². The summed E-state index contributed by atoms with van der Waals surface area (Å²) < 4.78 is 29.4. The van der Waals surface area contributed by atoms with Gasteiger partial charge in [0.1, 0.15) is 0 Å². The van der Waals surface area contributed by atoms with E-state index < -0.39 is 10.0 Å². The van der Waals surface area contributed by atoms with Crippen molar-refractivity contribution < 1.29 is 13.2 Å². The molecule has 1 fully saturated rings. The van der Waals surface area contributed by atoms with Crippen LogP contribution in [0.3, 0.4) is 0 Å². The molecule has 3 heterocycles. The monoisotopic (exact) mass is 372 g/mol. The lowest BCUT2D eigenvalue weighted by Gasteiger charge is -2.42. The van der Waals surface area contributed by atoms with Gasteiger partial charge in [-0.1, -0.05) is 18.2 Å². The van der Waals surface area contributed by atoms with Crippen LogP contribution in [0.1, 0.15) is 35.3 Å². The average Bonchev–Trinajstić information content (AvgIpc) is 2.62. The Kier molecular flexibility index (Phi) is 4.08. The highest BCUT2D eigenvalue weighted by molar-refractivity contribution is 7.89. The Labute approximate surface area is 152 Å². The molecular weight excluding hydrogens is 352 g/mol. The predicted molar refractivity (Wildman–Crippen MR) is 96.8 cm³/mol. The van der Waals surface area contributed by atoms with Gasteiger partial charge in [-0.25, -0.2) is 8.42 Å². The number of Topliss-reactive ketones (excluding diaryl/α,β-unsaturated/α-hetero) is 1. The Morgan fingerprint density at radius 1 is 1.04 bits per heavy atom. The van der Waals surface area contributed by atoms with E-state index in [2.05, 4.69) is 0 Å². The summed E-state index contributed by atoms with van der Waals surface area (Å²) in [6, 6.07) is 11.3. The van der Waals surface area contributed by atoms with E-state index in [1.807, 2.05) is 6.07 Å². The summed E-state index contributed by atoms with van der Waals surface area (Å²) in [7, 11) is -3.62. The second kappa shape index (κ2) is 6.17. The largest absolute Gasteiger partial charge is 0.312 e. The minimum Gasteiger partial charge on any atom is -0.312 e. The Morgan fingerprint density at radius 3 is 2.46 bits per heavy atom. The van der Waals surface area contributed by atoms with E-state index in [1.54, 1.807) is 28.8 Å². The topological polar surface area (TPSA) is 76.5 Å². The minimum atomic E-state index is -3.62. The van der Waals surface area contributed by atoms with Crippen molar-refractivity contribution in [3.63, 3.8) is 0 Å². The van der Waals surface area contributed by atoms with E-state index in [0.717, 1.165) is 12.1 Å². The Bertz CT molecular complexity index is 1020. The van der Waals surface area contributed by atoms with E-state index in [9.17, 15) is 18.0 Å². The highest BCUT2D eigenvalue weighted by atomic mass is 32.2. The van der Waals surface area contributed by atoms with Gasteiger partial charge in [0, 0.05) is 42.9 Å². The predicted octanol–water partition coefficient (Wildman–Crippen LogP) is 1.86. The number of carbonyl (C=O) groups excluding carboxylic acids is 1. The summed E-state index contributed by atoms with van der Waals surface area (Å²) in [5.41, 5.74) is 1.39. The molecule has 2 unspecified atom stereocenters. The lowest BCUT2D eigenvalue weighted by Crippen LogP contribution is -2.48. The van der Waals surface area contributed by atoms with E-state index in [1.165, 1.54) is 23.4 Å². The quantitative estimate of drug-likeness (QED) is 0.771. The van der Waals surface area contributed by atoms with Crippen LogP contribution in [0.25, 0.3) is 0 Å². The van der Waals surface area contributed by atoms with Crippen LogP contribution >= 0.6 is 0 Å². The third kappa shape index (κ3) is 2.81. The van der Waals surface area contributed by atoms with Crippen LogP contribution in [-0.2, 0) is 16.6 Å². The van der Waals surface area contributed by atoms with E-state index in [0.29, 0.717) is 25.2 Å². The number of hydrogen-bond donors (Lipinski definition) is 0. The number of fused-ring (bicyclic) bond motifs is 4. The molecule has 0 aliphatic carbocycles. The summed E-state index contributed by atoms with van der Waals surface area (Å²) >= 11 is 0. The maximum absolute atomic E-state index is 13.1. The number of aromatic nitrogens is 1. The molecule has 2 aliphatic rings. The van der Waals surface area contributed by atoms with E-state index in [4.69, 9.17) is 0 Å². The van der Waals surface area contributed by atoms with Crippen molar-refractivity contribution in [1.29, 1.82) is 0 Å². The molecule has 2 aliphatic heterocycles. The standard InChI is InChI=1S/C19H20N2O4S/c1-13(22)15-5-7-17(8-6-15)26(24,25)20-10-14-9-16(12-20)18-3-2-4-19(23)21(18)11-14/h2-8,14,16H,9-12H2,1H3. The van der Waals surface area contributed by atoms with Gasteiger partial charge < -0.3 is 4.57 Å². The fourth-order valence-electron chi connectivity index (χ4n) is 4.06. The smallest absolute Gasteiger partial charge is 0.250 e. The Balaban J connectivity index is 1.65. The van der Waals surface area contributed by atoms with Crippen molar-refractivity contribution in [2.45, 2.75) is 30.7 Å². The third-order valence-electron chi connectivity index (χ3n) is 5.34. The number of carbonyl (C=O) groups is 1. The molecule has 2 bridgehead atoms. The molecule has 1 aromatic heterocycles. The van der Waals surface area contributed by atoms with Crippen molar-refractivity contribution >= 4 is 15.8 Å². The first-order valence-electron chi connectivity index (χ1n) is 8.67. The zero-order valence-electron chi connectivity index (χ0n) is 14.5. The van der Waals surface area contributed by atoms with Crippen molar-refractivity contribution in [3.05, 3.63) is 64.1 Å².